The molecule has 1 aliphatic rings. The van der Waals surface area contributed by atoms with Crippen molar-refractivity contribution in [3.8, 4) is 5.75 Å². The number of benzene rings is 2. The summed E-state index contributed by atoms with van der Waals surface area (Å²) in [5.41, 5.74) is 2.91. The van der Waals surface area contributed by atoms with Gasteiger partial charge in [0.1, 0.15) is 11.3 Å². The van der Waals surface area contributed by atoms with E-state index < -0.39 is 10.8 Å². The molecule has 0 heterocycles. The average Bonchev–Trinajstić information content (AvgIpc) is 3.01. The number of methoxy groups -OCH3 is 1. The van der Waals surface area contributed by atoms with E-state index >= 15 is 0 Å². The highest BCUT2D eigenvalue weighted by Crippen LogP contribution is 2.27. The van der Waals surface area contributed by atoms with Gasteiger partial charge in [0.25, 0.3) is 11.6 Å². The Morgan fingerprint density at radius 1 is 1.17 bits per heavy atom. The Morgan fingerprint density at radius 2 is 1.96 bits per heavy atom. The van der Waals surface area contributed by atoms with Gasteiger partial charge >= 0.3 is 0 Å². The van der Waals surface area contributed by atoms with E-state index in [1.807, 2.05) is 18.2 Å². The molecule has 0 fully saturated rings. The second kappa shape index (κ2) is 6.08. The molecule has 2 aromatic carbocycles. The lowest BCUT2D eigenvalue weighted by Crippen LogP contribution is -2.14. The minimum absolute atomic E-state index is 0.0187. The molecule has 6 nitrogen and oxygen atoms in total. The van der Waals surface area contributed by atoms with E-state index in [0.29, 0.717) is 11.4 Å². The van der Waals surface area contributed by atoms with Crippen LogP contribution in [0.25, 0.3) is 0 Å². The number of hydrogen-bond acceptors (Lipinski definition) is 4. The number of nitro benzene ring substituents is 1. The third-order valence-corrected chi connectivity index (χ3v) is 4.00. The Hall–Kier alpha value is -2.89. The van der Waals surface area contributed by atoms with Crippen LogP contribution in [0, 0.1) is 10.1 Å². The molecule has 0 bridgehead atoms. The summed E-state index contributed by atoms with van der Waals surface area (Å²) in [6.45, 7) is 0. The van der Waals surface area contributed by atoms with Crippen LogP contribution in [0.15, 0.2) is 36.4 Å². The molecule has 0 spiro atoms. The molecule has 118 valence electrons. The molecule has 1 aliphatic carbocycles. The van der Waals surface area contributed by atoms with Gasteiger partial charge < -0.3 is 10.1 Å². The molecule has 1 amide bonds. The van der Waals surface area contributed by atoms with Crippen LogP contribution in [-0.4, -0.2) is 17.9 Å². The van der Waals surface area contributed by atoms with E-state index in [0.717, 1.165) is 19.3 Å². The van der Waals surface area contributed by atoms with E-state index in [1.54, 1.807) is 0 Å². The molecule has 0 aromatic heterocycles. The number of ether oxygens (including phenoxy) is 1. The molecule has 0 saturated carbocycles. The van der Waals surface area contributed by atoms with Crippen molar-refractivity contribution in [3.05, 3.63) is 63.2 Å². The fourth-order valence-corrected chi connectivity index (χ4v) is 2.83. The smallest absolute Gasteiger partial charge is 0.282 e. The first-order valence-corrected chi connectivity index (χ1v) is 7.34. The summed E-state index contributed by atoms with van der Waals surface area (Å²) in [4.78, 5) is 23.0. The van der Waals surface area contributed by atoms with E-state index in [1.165, 1.54) is 36.4 Å². The van der Waals surface area contributed by atoms with Crippen LogP contribution in [0.5, 0.6) is 5.75 Å². The lowest BCUT2D eigenvalue weighted by molar-refractivity contribution is -0.385. The minimum Gasteiger partial charge on any atom is -0.497 e. The van der Waals surface area contributed by atoms with Gasteiger partial charge in [-0.2, -0.15) is 0 Å². The van der Waals surface area contributed by atoms with Gasteiger partial charge in [0.2, 0.25) is 0 Å². The van der Waals surface area contributed by atoms with Crippen molar-refractivity contribution >= 4 is 17.3 Å². The van der Waals surface area contributed by atoms with Gasteiger partial charge in [-0.15, -0.1) is 0 Å². The van der Waals surface area contributed by atoms with Gasteiger partial charge in [-0.05, 0) is 54.7 Å². The zero-order chi connectivity index (χ0) is 16.4. The summed E-state index contributed by atoms with van der Waals surface area (Å²) < 4.78 is 5.05. The van der Waals surface area contributed by atoms with Crippen LogP contribution in [0.4, 0.5) is 11.4 Å². The monoisotopic (exact) mass is 312 g/mol. The van der Waals surface area contributed by atoms with Crippen molar-refractivity contribution in [3.63, 3.8) is 0 Å². The van der Waals surface area contributed by atoms with Crippen molar-refractivity contribution in [2.45, 2.75) is 19.3 Å². The molecule has 2 aromatic rings. The summed E-state index contributed by atoms with van der Waals surface area (Å²) >= 11 is 0. The first-order valence-electron chi connectivity index (χ1n) is 7.34. The number of hydrogen-bond donors (Lipinski definition) is 1. The second-order valence-electron chi connectivity index (χ2n) is 5.43. The fraction of sp³-hybridized carbons (Fsp3) is 0.235. The summed E-state index contributed by atoms with van der Waals surface area (Å²) in [6.07, 6.45) is 3.18. The Balaban J connectivity index is 1.89. The fourth-order valence-electron chi connectivity index (χ4n) is 2.83. The van der Waals surface area contributed by atoms with Gasteiger partial charge in [0, 0.05) is 11.8 Å². The first-order chi connectivity index (χ1) is 11.1. The average molecular weight is 312 g/mol. The number of nitrogens with one attached hydrogen (secondary N) is 1. The number of rotatable bonds is 4. The SMILES string of the molecule is COc1ccc([N+](=O)[O-])c(C(=O)Nc2ccc3c(c2)CCC3)c1. The predicted octanol–water partition coefficient (Wildman–Crippen LogP) is 3.34. The molecule has 6 heteroatoms. The highest BCUT2D eigenvalue weighted by molar-refractivity contribution is 6.07. The summed E-state index contributed by atoms with van der Waals surface area (Å²) in [5, 5.41) is 13.9. The van der Waals surface area contributed by atoms with Gasteiger partial charge in [-0.1, -0.05) is 6.07 Å². The van der Waals surface area contributed by atoms with Gasteiger partial charge in [-0.25, -0.2) is 0 Å². The van der Waals surface area contributed by atoms with Crippen LogP contribution in [0.2, 0.25) is 0 Å². The predicted molar refractivity (Wildman–Crippen MR) is 86.1 cm³/mol. The highest BCUT2D eigenvalue weighted by Gasteiger charge is 2.21. The maximum Gasteiger partial charge on any atom is 0.282 e. The Bertz CT molecular complexity index is 786. The number of aryl methyl sites for hydroxylation is 2. The molecule has 0 aliphatic heterocycles. The number of nitro groups is 1. The van der Waals surface area contributed by atoms with Crippen molar-refractivity contribution < 1.29 is 14.5 Å². The summed E-state index contributed by atoms with van der Waals surface area (Å²) in [7, 11) is 1.45. The standard InChI is InChI=1S/C17H16N2O4/c1-23-14-7-8-16(19(21)22)15(10-14)17(20)18-13-6-5-11-3-2-4-12(11)9-13/h5-10H,2-4H2,1H3,(H,18,20). The van der Waals surface area contributed by atoms with Crippen LogP contribution in [-0.2, 0) is 12.8 Å². The van der Waals surface area contributed by atoms with Crippen LogP contribution in [0.3, 0.4) is 0 Å². The largest absolute Gasteiger partial charge is 0.497 e. The topological polar surface area (TPSA) is 81.5 Å². The number of carbonyl (C=O) groups excluding carboxylic acids is 1. The van der Waals surface area contributed by atoms with E-state index in [-0.39, 0.29) is 11.3 Å². The number of amides is 1. The normalized spacial score (nSPS) is 12.6. The van der Waals surface area contributed by atoms with Gasteiger partial charge in [0.05, 0.1) is 12.0 Å². The van der Waals surface area contributed by atoms with Gasteiger partial charge in [0.15, 0.2) is 0 Å². The molecule has 1 N–H and O–H groups in total. The van der Waals surface area contributed by atoms with Crippen molar-refractivity contribution in [1.29, 1.82) is 0 Å². The third-order valence-electron chi connectivity index (χ3n) is 4.00. The van der Waals surface area contributed by atoms with E-state index in [4.69, 9.17) is 4.74 Å². The maximum absolute atomic E-state index is 12.4. The lowest BCUT2D eigenvalue weighted by Gasteiger charge is -2.09. The van der Waals surface area contributed by atoms with Crippen molar-refractivity contribution in [1.82, 2.24) is 0 Å². The Kier molecular flexibility index (Phi) is 3.97. The maximum atomic E-state index is 12.4. The number of carbonyl (C=O) groups is 1. The summed E-state index contributed by atoms with van der Waals surface area (Å²) in [6, 6.07) is 9.87. The van der Waals surface area contributed by atoms with Crippen LogP contribution in [0.1, 0.15) is 27.9 Å². The molecule has 0 atom stereocenters. The molecular weight excluding hydrogens is 296 g/mol. The zero-order valence-corrected chi connectivity index (χ0v) is 12.7. The first kappa shape index (κ1) is 15.0. The van der Waals surface area contributed by atoms with Crippen molar-refractivity contribution in [2.75, 3.05) is 12.4 Å². The third kappa shape index (κ3) is 3.01. The Morgan fingerprint density at radius 3 is 2.70 bits per heavy atom. The number of anilines is 1. The van der Waals surface area contributed by atoms with E-state index in [2.05, 4.69) is 5.32 Å². The molecule has 0 unspecified atom stereocenters. The minimum atomic E-state index is -0.572. The van der Waals surface area contributed by atoms with Crippen LogP contribution >= 0.6 is 0 Å². The summed E-state index contributed by atoms with van der Waals surface area (Å²) in [5.74, 6) is -0.122. The molecular formula is C17H16N2O4. The molecule has 3 rings (SSSR count). The lowest BCUT2D eigenvalue weighted by atomic mass is 10.1. The van der Waals surface area contributed by atoms with Crippen LogP contribution < -0.4 is 10.1 Å². The molecule has 0 saturated heterocycles. The zero-order valence-electron chi connectivity index (χ0n) is 12.7. The number of nitrogens with zero attached hydrogens (tertiary/aromatic N) is 1. The second-order valence-corrected chi connectivity index (χ2v) is 5.43. The van der Waals surface area contributed by atoms with E-state index in [9.17, 15) is 14.9 Å². The Labute approximate surface area is 133 Å². The molecule has 23 heavy (non-hydrogen) atoms. The van der Waals surface area contributed by atoms with Gasteiger partial charge in [-0.3, -0.25) is 14.9 Å². The molecule has 0 radical (unpaired) electrons. The number of fused-ring (bicyclic) bond motifs is 1. The highest BCUT2D eigenvalue weighted by atomic mass is 16.6. The van der Waals surface area contributed by atoms with Crippen molar-refractivity contribution in [2.24, 2.45) is 0 Å². The quantitative estimate of drug-likeness (QED) is 0.693.